The molecule has 5 aromatic rings. The average Bonchev–Trinajstić information content (AvgIpc) is 3.18. The van der Waals surface area contributed by atoms with Gasteiger partial charge in [-0.2, -0.15) is 0 Å². The van der Waals surface area contributed by atoms with Gasteiger partial charge in [0.25, 0.3) is 0 Å². The lowest BCUT2D eigenvalue weighted by Gasteiger charge is -2.09. The van der Waals surface area contributed by atoms with Gasteiger partial charge >= 0.3 is 0 Å². The van der Waals surface area contributed by atoms with Crippen molar-refractivity contribution in [2.24, 2.45) is 0 Å². The lowest BCUT2D eigenvalue weighted by molar-refractivity contribution is 0.620. The SMILES string of the molecule is Clc1ccc2oc(-c3cc(-c4ccccc4)cc(-c4ccccc4)c3)nc2c1. The maximum absolute atomic E-state index is 6.10. The Morgan fingerprint density at radius 3 is 1.75 bits per heavy atom. The largest absolute Gasteiger partial charge is 0.436 e. The van der Waals surface area contributed by atoms with E-state index in [4.69, 9.17) is 16.0 Å². The summed E-state index contributed by atoms with van der Waals surface area (Å²) in [5.74, 6) is 0.590. The number of nitrogens with zero attached hydrogens (tertiary/aromatic N) is 1. The summed E-state index contributed by atoms with van der Waals surface area (Å²) >= 11 is 6.10. The molecule has 5 rings (SSSR count). The fourth-order valence-corrected chi connectivity index (χ4v) is 3.54. The van der Waals surface area contributed by atoms with E-state index in [1.54, 1.807) is 0 Å². The Labute approximate surface area is 168 Å². The topological polar surface area (TPSA) is 26.0 Å². The lowest BCUT2D eigenvalue weighted by Crippen LogP contribution is -1.86. The monoisotopic (exact) mass is 381 g/mol. The number of oxazole rings is 1. The molecule has 0 aliphatic carbocycles. The van der Waals surface area contributed by atoms with Crippen molar-refractivity contribution < 1.29 is 4.42 Å². The van der Waals surface area contributed by atoms with Gasteiger partial charge in [-0.15, -0.1) is 0 Å². The molecule has 3 heteroatoms. The van der Waals surface area contributed by atoms with E-state index < -0.39 is 0 Å². The Balaban J connectivity index is 1.72. The minimum Gasteiger partial charge on any atom is -0.436 e. The van der Waals surface area contributed by atoms with Gasteiger partial charge in [0.05, 0.1) is 0 Å². The van der Waals surface area contributed by atoms with Crippen molar-refractivity contribution in [3.63, 3.8) is 0 Å². The van der Waals surface area contributed by atoms with Crippen LogP contribution in [-0.2, 0) is 0 Å². The summed E-state index contributed by atoms with van der Waals surface area (Å²) in [6, 6.07) is 32.6. The van der Waals surface area contributed by atoms with E-state index in [9.17, 15) is 0 Å². The lowest BCUT2D eigenvalue weighted by atomic mass is 9.96. The van der Waals surface area contributed by atoms with Gasteiger partial charge < -0.3 is 4.42 Å². The van der Waals surface area contributed by atoms with E-state index in [2.05, 4.69) is 47.4 Å². The second kappa shape index (κ2) is 6.99. The molecular formula is C25H16ClNO. The number of halogens is 1. The van der Waals surface area contributed by atoms with Crippen LogP contribution in [0.1, 0.15) is 0 Å². The maximum Gasteiger partial charge on any atom is 0.227 e. The van der Waals surface area contributed by atoms with Gasteiger partial charge in [0.15, 0.2) is 5.58 Å². The third-order valence-electron chi connectivity index (χ3n) is 4.74. The number of rotatable bonds is 3. The number of aromatic nitrogens is 1. The summed E-state index contributed by atoms with van der Waals surface area (Å²) in [5.41, 5.74) is 6.98. The average molecular weight is 382 g/mol. The van der Waals surface area contributed by atoms with Crippen molar-refractivity contribution in [2.45, 2.75) is 0 Å². The van der Waals surface area contributed by atoms with Gasteiger partial charge in [-0.25, -0.2) is 4.98 Å². The van der Waals surface area contributed by atoms with Gasteiger partial charge in [0.1, 0.15) is 5.52 Å². The molecule has 28 heavy (non-hydrogen) atoms. The standard InChI is InChI=1S/C25H16ClNO/c26-22-11-12-24-23(16-22)27-25(28-24)21-14-19(17-7-3-1-4-8-17)13-20(15-21)18-9-5-2-6-10-18/h1-16H. The van der Waals surface area contributed by atoms with Crippen molar-refractivity contribution in [1.29, 1.82) is 0 Å². The van der Waals surface area contributed by atoms with E-state index in [1.807, 2.05) is 54.6 Å². The van der Waals surface area contributed by atoms with Gasteiger partial charge in [-0.3, -0.25) is 0 Å². The highest BCUT2D eigenvalue weighted by Gasteiger charge is 2.12. The van der Waals surface area contributed by atoms with Crippen LogP contribution in [0.5, 0.6) is 0 Å². The van der Waals surface area contributed by atoms with E-state index in [1.165, 1.54) is 0 Å². The quantitative estimate of drug-likeness (QED) is 0.323. The minimum absolute atomic E-state index is 0.590. The van der Waals surface area contributed by atoms with Crippen molar-refractivity contribution in [1.82, 2.24) is 4.98 Å². The molecule has 1 heterocycles. The van der Waals surface area contributed by atoms with Crippen LogP contribution >= 0.6 is 11.6 Å². The smallest absolute Gasteiger partial charge is 0.227 e. The Kier molecular flexibility index (Phi) is 4.19. The first kappa shape index (κ1) is 16.8. The molecule has 0 aliphatic rings. The maximum atomic E-state index is 6.10. The van der Waals surface area contributed by atoms with Crippen LogP contribution in [-0.4, -0.2) is 4.98 Å². The number of hydrogen-bond donors (Lipinski definition) is 0. The third-order valence-corrected chi connectivity index (χ3v) is 4.98. The van der Waals surface area contributed by atoms with Crippen LogP contribution in [0.15, 0.2) is 101 Å². The normalized spacial score (nSPS) is 11.0. The van der Waals surface area contributed by atoms with Crippen LogP contribution in [0.25, 0.3) is 44.8 Å². The molecule has 0 bridgehead atoms. The second-order valence-corrected chi connectivity index (χ2v) is 7.10. The second-order valence-electron chi connectivity index (χ2n) is 6.66. The van der Waals surface area contributed by atoms with Crippen LogP contribution in [0, 0.1) is 0 Å². The molecule has 0 fully saturated rings. The van der Waals surface area contributed by atoms with Crippen molar-refractivity contribution in [2.75, 3.05) is 0 Å². The van der Waals surface area contributed by atoms with Crippen LogP contribution in [0.4, 0.5) is 0 Å². The first-order valence-electron chi connectivity index (χ1n) is 9.09. The van der Waals surface area contributed by atoms with E-state index in [0.29, 0.717) is 10.9 Å². The zero-order valence-electron chi connectivity index (χ0n) is 15.0. The molecule has 0 spiro atoms. The van der Waals surface area contributed by atoms with Crippen LogP contribution in [0.3, 0.4) is 0 Å². The van der Waals surface area contributed by atoms with Crippen molar-refractivity contribution >= 4 is 22.7 Å². The van der Waals surface area contributed by atoms with Crippen LogP contribution in [0.2, 0.25) is 5.02 Å². The molecule has 134 valence electrons. The summed E-state index contributed by atoms with van der Waals surface area (Å²) in [6.45, 7) is 0. The third kappa shape index (κ3) is 3.19. The number of fused-ring (bicyclic) bond motifs is 1. The summed E-state index contributed by atoms with van der Waals surface area (Å²) < 4.78 is 6.02. The first-order valence-corrected chi connectivity index (χ1v) is 9.46. The molecule has 2 nitrogen and oxygen atoms in total. The van der Waals surface area contributed by atoms with Crippen molar-refractivity contribution in [3.8, 4) is 33.7 Å². The van der Waals surface area contributed by atoms with E-state index >= 15 is 0 Å². The molecule has 0 saturated carbocycles. The Morgan fingerprint density at radius 2 is 1.14 bits per heavy atom. The fraction of sp³-hybridized carbons (Fsp3) is 0. The number of hydrogen-bond acceptors (Lipinski definition) is 2. The Morgan fingerprint density at radius 1 is 0.571 bits per heavy atom. The molecule has 0 atom stereocenters. The highest BCUT2D eigenvalue weighted by atomic mass is 35.5. The number of benzene rings is 4. The first-order chi connectivity index (χ1) is 13.8. The molecule has 0 unspecified atom stereocenters. The molecule has 0 N–H and O–H groups in total. The summed E-state index contributed by atoms with van der Waals surface area (Å²) in [6.07, 6.45) is 0. The van der Waals surface area contributed by atoms with Crippen LogP contribution < -0.4 is 0 Å². The summed E-state index contributed by atoms with van der Waals surface area (Å²) in [4.78, 5) is 4.66. The van der Waals surface area contributed by atoms with Gasteiger partial charge in [0, 0.05) is 10.6 Å². The highest BCUT2D eigenvalue weighted by Crippen LogP contribution is 2.34. The predicted octanol–water partition coefficient (Wildman–Crippen LogP) is 7.48. The Bertz CT molecular complexity index is 1200. The molecule has 0 radical (unpaired) electrons. The molecule has 0 aliphatic heterocycles. The highest BCUT2D eigenvalue weighted by molar-refractivity contribution is 6.31. The van der Waals surface area contributed by atoms with E-state index in [-0.39, 0.29) is 0 Å². The van der Waals surface area contributed by atoms with Gasteiger partial charge in [-0.1, -0.05) is 72.3 Å². The fourth-order valence-electron chi connectivity index (χ4n) is 3.37. The van der Waals surface area contributed by atoms with E-state index in [0.717, 1.165) is 38.9 Å². The summed E-state index contributed by atoms with van der Waals surface area (Å²) in [7, 11) is 0. The molecule has 0 saturated heterocycles. The predicted molar refractivity (Wildman–Crippen MR) is 115 cm³/mol. The molecular weight excluding hydrogens is 366 g/mol. The van der Waals surface area contributed by atoms with Gasteiger partial charge in [-0.05, 0) is 58.7 Å². The minimum atomic E-state index is 0.590. The molecule has 4 aromatic carbocycles. The van der Waals surface area contributed by atoms with Crippen molar-refractivity contribution in [3.05, 3.63) is 102 Å². The zero-order chi connectivity index (χ0) is 18.9. The molecule has 1 aromatic heterocycles. The summed E-state index contributed by atoms with van der Waals surface area (Å²) in [5, 5.41) is 0.648. The van der Waals surface area contributed by atoms with Gasteiger partial charge in [0.2, 0.25) is 5.89 Å². The zero-order valence-corrected chi connectivity index (χ0v) is 15.7. The molecule has 0 amide bonds. The Hall–Kier alpha value is -3.36.